The van der Waals surface area contributed by atoms with Gasteiger partial charge in [-0.2, -0.15) is 5.26 Å². The van der Waals surface area contributed by atoms with Crippen LogP contribution in [-0.2, 0) is 0 Å². The van der Waals surface area contributed by atoms with Crippen LogP contribution >= 0.6 is 0 Å². The first-order chi connectivity index (χ1) is 20.8. The van der Waals surface area contributed by atoms with Crippen LogP contribution in [0.2, 0.25) is 0 Å². The summed E-state index contributed by atoms with van der Waals surface area (Å²) in [5.74, 6) is -5.85. The molecule has 0 unspecified atom stereocenters. The highest BCUT2D eigenvalue weighted by Gasteiger charge is 2.35. The van der Waals surface area contributed by atoms with Gasteiger partial charge in [-0.1, -0.05) is 6.07 Å². The lowest BCUT2D eigenvalue weighted by atomic mass is 9.92. The lowest BCUT2D eigenvalue weighted by molar-refractivity contribution is -0.274. The molecule has 0 amide bonds. The van der Waals surface area contributed by atoms with Gasteiger partial charge in [0.25, 0.3) is 11.4 Å². The SMILES string of the molecule is [C-]#[N+]/C(C#N)=C1\c2cc(C)c(-c3cc(F)c([N+]#[C-])c(F)c3)cc2-c2cc(-c3cc(F)c(C#N)c(F)c3)c(OC(F)(F)F)cc21. The number of ether oxygens (including phenoxy) is 1. The second-order valence-corrected chi connectivity index (χ2v) is 9.43. The summed E-state index contributed by atoms with van der Waals surface area (Å²) in [5.41, 5.74) is -2.02. The van der Waals surface area contributed by atoms with Crippen molar-refractivity contribution in [3.05, 3.63) is 123 Å². The first kappa shape index (κ1) is 29.4. The molecule has 5 rings (SSSR count). The molecular formula is C32H11F7N4O. The normalized spacial score (nSPS) is 12.7. The van der Waals surface area contributed by atoms with Gasteiger partial charge in [0.1, 0.15) is 40.7 Å². The van der Waals surface area contributed by atoms with E-state index in [1.54, 1.807) is 13.0 Å². The molecule has 0 atom stereocenters. The van der Waals surface area contributed by atoms with Gasteiger partial charge in [-0.05, 0) is 93.9 Å². The summed E-state index contributed by atoms with van der Waals surface area (Å²) in [6.45, 7) is 16.0. The topological polar surface area (TPSA) is 65.5 Å². The largest absolute Gasteiger partial charge is 0.573 e. The Labute approximate surface area is 244 Å². The number of fused-ring (bicyclic) bond motifs is 3. The van der Waals surface area contributed by atoms with Gasteiger partial charge in [-0.25, -0.2) is 32.5 Å². The number of halogens is 7. The van der Waals surface area contributed by atoms with E-state index in [0.717, 1.165) is 24.3 Å². The maximum absolute atomic E-state index is 14.6. The molecule has 0 fully saturated rings. The van der Waals surface area contributed by atoms with Crippen molar-refractivity contribution in [2.45, 2.75) is 13.3 Å². The lowest BCUT2D eigenvalue weighted by Crippen LogP contribution is -2.18. The first-order valence-electron chi connectivity index (χ1n) is 12.2. The first-order valence-corrected chi connectivity index (χ1v) is 12.2. The van der Waals surface area contributed by atoms with Gasteiger partial charge in [-0.3, -0.25) is 0 Å². The lowest BCUT2D eigenvalue weighted by Gasteiger charge is -2.17. The van der Waals surface area contributed by atoms with Crippen LogP contribution in [-0.4, -0.2) is 6.36 Å². The predicted molar refractivity (Wildman–Crippen MR) is 143 cm³/mol. The summed E-state index contributed by atoms with van der Waals surface area (Å²) in [6, 6.07) is 11.1. The van der Waals surface area contributed by atoms with Crippen LogP contribution in [0, 0.1) is 66.0 Å². The van der Waals surface area contributed by atoms with Crippen LogP contribution in [0.1, 0.15) is 22.3 Å². The molecule has 4 aromatic carbocycles. The number of hydrogen-bond acceptors (Lipinski definition) is 3. The molecule has 0 saturated heterocycles. The Morgan fingerprint density at radius 1 is 0.727 bits per heavy atom. The fourth-order valence-electron chi connectivity index (χ4n) is 5.09. The van der Waals surface area contributed by atoms with Gasteiger partial charge in [0, 0.05) is 11.1 Å². The van der Waals surface area contributed by atoms with Crippen molar-refractivity contribution in [3.63, 3.8) is 0 Å². The maximum atomic E-state index is 14.6. The van der Waals surface area contributed by atoms with Gasteiger partial charge < -0.3 is 4.74 Å². The van der Waals surface area contributed by atoms with E-state index >= 15 is 0 Å². The van der Waals surface area contributed by atoms with Crippen LogP contribution in [0.4, 0.5) is 36.4 Å². The van der Waals surface area contributed by atoms with Crippen molar-refractivity contribution in [2.24, 2.45) is 0 Å². The Balaban J connectivity index is 1.87. The quantitative estimate of drug-likeness (QED) is 0.118. The van der Waals surface area contributed by atoms with E-state index in [2.05, 4.69) is 14.4 Å². The summed E-state index contributed by atoms with van der Waals surface area (Å²) < 4.78 is 103. The number of nitrogens with zero attached hydrogens (tertiary/aromatic N) is 4. The standard InChI is InChI=1S/C32H11F7N4O/c1-14-4-21-19(9-17(14)15-7-26(35)31(43-3)27(36)8-15)20-10-18(16-5-24(33)23(12-40)25(34)6-16)29(44-32(37,38)39)11-22(20)30(21)28(13-41)42-2/h4-11H,1H3/b30-28+. The third-order valence-electron chi connectivity index (χ3n) is 6.90. The Hall–Kier alpha value is -6.11. The number of allylic oxidation sites excluding steroid dienone is 1. The molecule has 0 aromatic heterocycles. The molecule has 214 valence electrons. The minimum atomic E-state index is -5.27. The van der Waals surface area contributed by atoms with Gasteiger partial charge in [0.2, 0.25) is 0 Å². The summed E-state index contributed by atoms with van der Waals surface area (Å²) >= 11 is 0. The Kier molecular flexibility index (Phi) is 7.09. The third-order valence-corrected chi connectivity index (χ3v) is 6.90. The Bertz CT molecular complexity index is 2080. The van der Waals surface area contributed by atoms with Gasteiger partial charge in [-0.15, -0.1) is 13.2 Å². The fraction of sp³-hybridized carbons (Fsp3) is 0.0625. The fourth-order valence-corrected chi connectivity index (χ4v) is 5.09. The van der Waals surface area contributed by atoms with Crippen molar-refractivity contribution in [2.75, 3.05) is 0 Å². The number of rotatable bonds is 3. The van der Waals surface area contributed by atoms with E-state index < -0.39 is 63.5 Å². The number of hydrogen-bond donors (Lipinski definition) is 0. The minimum absolute atomic E-state index is 0.0193. The molecule has 0 heterocycles. The highest BCUT2D eigenvalue weighted by molar-refractivity contribution is 6.06. The van der Waals surface area contributed by atoms with Crippen LogP contribution in [0.15, 0.2) is 54.2 Å². The highest BCUT2D eigenvalue weighted by atomic mass is 19.4. The van der Waals surface area contributed by atoms with E-state index in [4.69, 9.17) is 18.4 Å². The Morgan fingerprint density at radius 2 is 1.25 bits per heavy atom. The zero-order chi connectivity index (χ0) is 32.1. The number of benzene rings is 4. The maximum Gasteiger partial charge on any atom is 0.573 e. The van der Waals surface area contributed by atoms with E-state index in [-0.39, 0.29) is 39.0 Å². The van der Waals surface area contributed by atoms with E-state index in [1.807, 2.05) is 0 Å². The van der Waals surface area contributed by atoms with E-state index in [9.17, 15) is 36.0 Å². The van der Waals surface area contributed by atoms with Crippen molar-refractivity contribution in [3.8, 4) is 51.3 Å². The van der Waals surface area contributed by atoms with Crippen LogP contribution < -0.4 is 4.74 Å². The molecule has 44 heavy (non-hydrogen) atoms. The van der Waals surface area contributed by atoms with Crippen molar-refractivity contribution < 1.29 is 35.5 Å². The molecule has 0 radical (unpaired) electrons. The Morgan fingerprint density at radius 3 is 1.75 bits per heavy atom. The van der Waals surface area contributed by atoms with Crippen LogP contribution in [0.25, 0.3) is 48.6 Å². The number of alkyl halides is 3. The number of aryl methyl sites for hydroxylation is 1. The van der Waals surface area contributed by atoms with Gasteiger partial charge in [0.05, 0.1) is 19.2 Å². The van der Waals surface area contributed by atoms with Crippen LogP contribution in [0.3, 0.4) is 0 Å². The predicted octanol–water partition coefficient (Wildman–Crippen LogP) is 9.39. The smallest absolute Gasteiger partial charge is 0.405 e. The summed E-state index contributed by atoms with van der Waals surface area (Å²) in [5, 5.41) is 18.7. The summed E-state index contributed by atoms with van der Waals surface area (Å²) in [6.07, 6.45) is -5.27. The molecule has 4 aromatic rings. The summed E-state index contributed by atoms with van der Waals surface area (Å²) in [4.78, 5) is 6.04. The van der Waals surface area contributed by atoms with Gasteiger partial charge in [0.15, 0.2) is 0 Å². The molecule has 0 spiro atoms. The average Bonchev–Trinajstić information content (AvgIpc) is 3.23. The molecule has 0 saturated carbocycles. The van der Waals surface area contributed by atoms with Crippen molar-refractivity contribution >= 4 is 11.3 Å². The average molecular weight is 600 g/mol. The van der Waals surface area contributed by atoms with Crippen LogP contribution in [0.5, 0.6) is 5.75 Å². The molecule has 1 aliphatic carbocycles. The summed E-state index contributed by atoms with van der Waals surface area (Å²) in [7, 11) is 0. The zero-order valence-electron chi connectivity index (χ0n) is 22.0. The molecular weight excluding hydrogens is 589 g/mol. The second kappa shape index (κ2) is 10.6. The van der Waals surface area contributed by atoms with E-state index in [1.165, 1.54) is 18.2 Å². The molecule has 0 N–H and O–H groups in total. The van der Waals surface area contributed by atoms with E-state index in [0.29, 0.717) is 17.7 Å². The molecule has 0 aliphatic heterocycles. The van der Waals surface area contributed by atoms with Crippen molar-refractivity contribution in [1.29, 1.82) is 10.5 Å². The highest BCUT2D eigenvalue weighted by Crippen LogP contribution is 2.52. The number of nitriles is 2. The molecule has 0 bridgehead atoms. The second-order valence-electron chi connectivity index (χ2n) is 9.43. The molecule has 12 heteroatoms. The monoisotopic (exact) mass is 600 g/mol. The molecule has 5 nitrogen and oxygen atoms in total. The molecule has 1 aliphatic rings. The third kappa shape index (κ3) is 4.85. The minimum Gasteiger partial charge on any atom is -0.405 e. The van der Waals surface area contributed by atoms with Gasteiger partial charge >= 0.3 is 6.36 Å². The van der Waals surface area contributed by atoms with Crippen molar-refractivity contribution in [1.82, 2.24) is 0 Å². The zero-order valence-corrected chi connectivity index (χ0v) is 22.0.